The minimum absolute atomic E-state index is 0.654. The van der Waals surface area contributed by atoms with E-state index in [4.69, 9.17) is 9.47 Å². The Bertz CT molecular complexity index is 387. The predicted octanol–water partition coefficient (Wildman–Crippen LogP) is 2.72. The standard InChI is InChI=1S/C15H21NO2/c1-17-14-4-3-5-15(18-2)13(14)7-6-12-8-10-16-11-9-12/h3-7,12,16H,8-11H2,1-2H3/b7-6+. The minimum atomic E-state index is 0.654. The summed E-state index contributed by atoms with van der Waals surface area (Å²) in [5.74, 6) is 2.37. The summed E-state index contributed by atoms with van der Waals surface area (Å²) in [4.78, 5) is 0. The van der Waals surface area contributed by atoms with Crippen molar-refractivity contribution < 1.29 is 9.47 Å². The minimum Gasteiger partial charge on any atom is -0.496 e. The van der Waals surface area contributed by atoms with Gasteiger partial charge in [0.25, 0.3) is 0 Å². The fourth-order valence-electron chi connectivity index (χ4n) is 2.31. The Labute approximate surface area is 109 Å². The van der Waals surface area contributed by atoms with Gasteiger partial charge in [-0.15, -0.1) is 0 Å². The molecule has 0 aliphatic carbocycles. The predicted molar refractivity (Wildman–Crippen MR) is 74.2 cm³/mol. The maximum atomic E-state index is 5.38. The second-order valence-electron chi connectivity index (χ2n) is 4.52. The third kappa shape index (κ3) is 3.05. The second-order valence-corrected chi connectivity index (χ2v) is 4.52. The summed E-state index contributed by atoms with van der Waals surface area (Å²) in [6.07, 6.45) is 6.82. The summed E-state index contributed by atoms with van der Waals surface area (Å²) < 4.78 is 10.8. The summed E-state index contributed by atoms with van der Waals surface area (Å²) >= 11 is 0. The highest BCUT2D eigenvalue weighted by Gasteiger charge is 2.11. The van der Waals surface area contributed by atoms with Crippen LogP contribution in [-0.4, -0.2) is 27.3 Å². The highest BCUT2D eigenvalue weighted by molar-refractivity contribution is 5.64. The van der Waals surface area contributed by atoms with E-state index in [0.717, 1.165) is 30.2 Å². The van der Waals surface area contributed by atoms with Crippen molar-refractivity contribution in [1.82, 2.24) is 5.32 Å². The number of hydrogen-bond acceptors (Lipinski definition) is 3. The second kappa shape index (κ2) is 6.45. The molecule has 0 aromatic heterocycles. The molecule has 0 radical (unpaired) electrons. The van der Waals surface area contributed by atoms with Crippen LogP contribution in [0.5, 0.6) is 11.5 Å². The first-order valence-electron chi connectivity index (χ1n) is 6.45. The van der Waals surface area contributed by atoms with E-state index >= 15 is 0 Å². The van der Waals surface area contributed by atoms with Crippen molar-refractivity contribution in [3.63, 3.8) is 0 Å². The van der Waals surface area contributed by atoms with E-state index < -0.39 is 0 Å². The Balaban J connectivity index is 2.18. The molecule has 1 saturated heterocycles. The number of nitrogens with one attached hydrogen (secondary N) is 1. The molecule has 0 bridgehead atoms. The highest BCUT2D eigenvalue weighted by Crippen LogP contribution is 2.30. The number of hydrogen-bond donors (Lipinski definition) is 1. The van der Waals surface area contributed by atoms with Crippen molar-refractivity contribution >= 4 is 6.08 Å². The lowest BCUT2D eigenvalue weighted by Gasteiger charge is -2.19. The van der Waals surface area contributed by atoms with Gasteiger partial charge in [0.2, 0.25) is 0 Å². The van der Waals surface area contributed by atoms with Gasteiger partial charge >= 0.3 is 0 Å². The molecular formula is C15H21NO2. The summed E-state index contributed by atoms with van der Waals surface area (Å²) in [5.41, 5.74) is 1.03. The number of benzene rings is 1. The summed E-state index contributed by atoms with van der Waals surface area (Å²) in [6, 6.07) is 5.87. The molecular weight excluding hydrogens is 226 g/mol. The quantitative estimate of drug-likeness (QED) is 0.887. The molecule has 0 amide bonds. The van der Waals surface area contributed by atoms with Crippen LogP contribution in [0.1, 0.15) is 18.4 Å². The lowest BCUT2D eigenvalue weighted by molar-refractivity contribution is 0.392. The van der Waals surface area contributed by atoms with Crippen LogP contribution in [0.15, 0.2) is 24.3 Å². The first-order valence-corrected chi connectivity index (χ1v) is 6.45. The van der Waals surface area contributed by atoms with E-state index in [2.05, 4.69) is 17.5 Å². The Hall–Kier alpha value is -1.48. The lowest BCUT2D eigenvalue weighted by Crippen LogP contribution is -2.26. The average Bonchev–Trinajstić information content (AvgIpc) is 2.45. The number of allylic oxidation sites excluding steroid dienone is 1. The maximum absolute atomic E-state index is 5.38. The first kappa shape index (κ1) is 13.0. The molecule has 0 spiro atoms. The Kier molecular flexibility index (Phi) is 4.65. The van der Waals surface area contributed by atoms with Gasteiger partial charge in [-0.1, -0.05) is 18.2 Å². The van der Waals surface area contributed by atoms with Crippen molar-refractivity contribution in [2.75, 3.05) is 27.3 Å². The normalized spacial score (nSPS) is 17.0. The summed E-state index contributed by atoms with van der Waals surface area (Å²) in [6.45, 7) is 2.22. The molecule has 1 aromatic carbocycles. The fourth-order valence-corrected chi connectivity index (χ4v) is 2.31. The molecule has 1 aliphatic heterocycles. The molecule has 0 atom stereocenters. The number of methoxy groups -OCH3 is 2. The van der Waals surface area contributed by atoms with E-state index in [1.165, 1.54) is 12.8 Å². The van der Waals surface area contributed by atoms with Gasteiger partial charge < -0.3 is 14.8 Å². The van der Waals surface area contributed by atoms with Crippen LogP contribution < -0.4 is 14.8 Å². The topological polar surface area (TPSA) is 30.5 Å². The summed E-state index contributed by atoms with van der Waals surface area (Å²) in [7, 11) is 3.38. The van der Waals surface area contributed by atoms with Gasteiger partial charge in [-0.2, -0.15) is 0 Å². The highest BCUT2D eigenvalue weighted by atomic mass is 16.5. The summed E-state index contributed by atoms with van der Waals surface area (Å²) in [5, 5.41) is 3.37. The van der Waals surface area contributed by atoms with Crippen molar-refractivity contribution in [3.8, 4) is 11.5 Å². The number of ether oxygens (including phenoxy) is 2. The molecule has 1 N–H and O–H groups in total. The van der Waals surface area contributed by atoms with Crippen molar-refractivity contribution in [2.24, 2.45) is 5.92 Å². The Morgan fingerprint density at radius 1 is 1.11 bits per heavy atom. The van der Waals surface area contributed by atoms with Gasteiger partial charge in [0.1, 0.15) is 11.5 Å². The number of rotatable bonds is 4. The molecule has 18 heavy (non-hydrogen) atoms. The third-order valence-corrected chi connectivity index (χ3v) is 3.38. The fraction of sp³-hybridized carbons (Fsp3) is 0.467. The van der Waals surface area contributed by atoms with Gasteiger partial charge in [-0.05, 0) is 44.0 Å². The largest absolute Gasteiger partial charge is 0.496 e. The van der Waals surface area contributed by atoms with Crippen LogP contribution in [0.25, 0.3) is 6.08 Å². The van der Waals surface area contributed by atoms with Gasteiger partial charge in [-0.25, -0.2) is 0 Å². The van der Waals surface area contributed by atoms with Crippen LogP contribution in [-0.2, 0) is 0 Å². The first-order chi connectivity index (χ1) is 8.85. The zero-order valence-electron chi connectivity index (χ0n) is 11.1. The zero-order chi connectivity index (χ0) is 12.8. The monoisotopic (exact) mass is 247 g/mol. The van der Waals surface area contributed by atoms with Gasteiger partial charge in [-0.3, -0.25) is 0 Å². The third-order valence-electron chi connectivity index (χ3n) is 3.38. The smallest absolute Gasteiger partial charge is 0.129 e. The van der Waals surface area contributed by atoms with E-state index in [9.17, 15) is 0 Å². The van der Waals surface area contributed by atoms with Crippen molar-refractivity contribution in [2.45, 2.75) is 12.8 Å². The van der Waals surface area contributed by atoms with Crippen LogP contribution in [0.4, 0.5) is 0 Å². The zero-order valence-corrected chi connectivity index (χ0v) is 11.1. The molecule has 1 heterocycles. The van der Waals surface area contributed by atoms with Gasteiger partial charge in [0, 0.05) is 0 Å². The molecule has 3 nitrogen and oxygen atoms in total. The Morgan fingerprint density at radius 3 is 2.28 bits per heavy atom. The molecule has 0 saturated carbocycles. The van der Waals surface area contributed by atoms with Crippen molar-refractivity contribution in [1.29, 1.82) is 0 Å². The molecule has 98 valence electrons. The Morgan fingerprint density at radius 2 is 1.72 bits per heavy atom. The van der Waals surface area contributed by atoms with Crippen LogP contribution in [0.2, 0.25) is 0 Å². The van der Waals surface area contributed by atoms with Gasteiger partial charge in [0.15, 0.2) is 0 Å². The van der Waals surface area contributed by atoms with E-state index in [-0.39, 0.29) is 0 Å². The molecule has 1 aromatic rings. The SMILES string of the molecule is COc1cccc(OC)c1/C=C/C1CCNCC1. The maximum Gasteiger partial charge on any atom is 0.129 e. The molecule has 0 unspecified atom stereocenters. The van der Waals surface area contributed by atoms with Crippen LogP contribution in [0.3, 0.4) is 0 Å². The lowest BCUT2D eigenvalue weighted by atomic mass is 9.96. The van der Waals surface area contributed by atoms with E-state index in [0.29, 0.717) is 5.92 Å². The van der Waals surface area contributed by atoms with E-state index in [1.807, 2.05) is 18.2 Å². The van der Waals surface area contributed by atoms with Crippen LogP contribution >= 0.6 is 0 Å². The van der Waals surface area contributed by atoms with Gasteiger partial charge in [0.05, 0.1) is 19.8 Å². The van der Waals surface area contributed by atoms with Crippen LogP contribution in [0, 0.1) is 5.92 Å². The van der Waals surface area contributed by atoms with E-state index in [1.54, 1.807) is 14.2 Å². The number of piperidine rings is 1. The molecule has 1 aliphatic rings. The molecule has 3 heteroatoms. The average molecular weight is 247 g/mol. The molecule has 2 rings (SSSR count). The molecule has 1 fully saturated rings. The van der Waals surface area contributed by atoms with Crippen molar-refractivity contribution in [3.05, 3.63) is 29.8 Å².